The first kappa shape index (κ1) is 31.3. The highest BCUT2D eigenvalue weighted by molar-refractivity contribution is 5.64. The van der Waals surface area contributed by atoms with Gasteiger partial charge in [0, 0.05) is 5.56 Å². The summed E-state index contributed by atoms with van der Waals surface area (Å²) in [5, 5.41) is 0. The van der Waals surface area contributed by atoms with E-state index in [2.05, 4.69) is 6.92 Å². The third kappa shape index (κ3) is 6.94. The van der Waals surface area contributed by atoms with E-state index in [1.54, 1.807) is 12.1 Å². The van der Waals surface area contributed by atoms with Crippen molar-refractivity contribution in [3.05, 3.63) is 59.7 Å². The van der Waals surface area contributed by atoms with Crippen molar-refractivity contribution in [3.63, 3.8) is 0 Å². The van der Waals surface area contributed by atoms with E-state index >= 15 is 0 Å². The lowest BCUT2D eigenvalue weighted by Crippen LogP contribution is -2.63. The van der Waals surface area contributed by atoms with E-state index in [-0.39, 0.29) is 0 Å². The largest absolute Gasteiger partial charge is 0.438 e. The van der Waals surface area contributed by atoms with Crippen molar-refractivity contribution in [1.29, 1.82) is 0 Å². The Morgan fingerprint density at radius 3 is 1.54 bits per heavy atom. The summed E-state index contributed by atoms with van der Waals surface area (Å²) in [5.74, 6) is -4.72. The monoisotopic (exact) mass is 566 g/mol. The lowest BCUT2D eigenvalue weighted by molar-refractivity contribution is -0.400. The first-order valence-electron chi connectivity index (χ1n) is 13.6. The minimum atomic E-state index is -6.86. The van der Waals surface area contributed by atoms with Gasteiger partial charge in [0.1, 0.15) is 0 Å². The predicted octanol–water partition coefficient (Wildman–Crippen LogP) is 11.3. The van der Waals surface area contributed by atoms with Gasteiger partial charge in [-0.2, -0.15) is 35.1 Å². The molecule has 0 nitrogen and oxygen atoms in total. The molecule has 1 saturated carbocycles. The second-order valence-electron chi connectivity index (χ2n) is 10.7. The minimum Gasteiger partial charge on any atom is -0.216 e. The summed E-state index contributed by atoms with van der Waals surface area (Å²) in [6.07, 6.45) is -0.246. The molecule has 0 aromatic heterocycles. The zero-order valence-electron chi connectivity index (χ0n) is 22.0. The molecule has 0 aliphatic heterocycles. The highest BCUT2D eigenvalue weighted by Crippen LogP contribution is 2.58. The van der Waals surface area contributed by atoms with E-state index in [1.165, 1.54) is 57.8 Å². The van der Waals surface area contributed by atoms with Crippen molar-refractivity contribution in [2.24, 2.45) is 5.92 Å². The molecule has 0 N–H and O–H groups in total. The Morgan fingerprint density at radius 1 is 0.590 bits per heavy atom. The summed E-state index contributed by atoms with van der Waals surface area (Å²) in [6.45, 7) is 2.21. The molecule has 1 fully saturated rings. The molecule has 2 aromatic carbocycles. The Morgan fingerprint density at radius 2 is 1.05 bits per heavy atom. The van der Waals surface area contributed by atoms with Crippen molar-refractivity contribution in [2.75, 3.05) is 0 Å². The molecule has 2 aromatic rings. The van der Waals surface area contributed by atoms with Gasteiger partial charge in [-0.15, -0.1) is 0 Å². The van der Waals surface area contributed by atoms with Crippen molar-refractivity contribution >= 4 is 0 Å². The number of hydrogen-bond donors (Lipinski definition) is 0. The van der Waals surface area contributed by atoms with Crippen LogP contribution in [0.1, 0.15) is 94.6 Å². The van der Waals surface area contributed by atoms with Crippen molar-refractivity contribution in [3.8, 4) is 11.1 Å². The molecule has 0 amide bonds. The normalized spacial score (nSPS) is 19.3. The van der Waals surface area contributed by atoms with Crippen LogP contribution in [0.4, 0.5) is 39.5 Å². The van der Waals surface area contributed by atoms with Crippen LogP contribution in [0.5, 0.6) is 0 Å². The SMILES string of the molecule is CCCCCCCCC1CCC(c2ccc(-c3ccc(C(F)(F)C(F)(C(F)(F)F)C(F)(F)F)cc3)cc2)CC1. The Labute approximate surface area is 224 Å². The third-order valence-corrected chi connectivity index (χ3v) is 7.99. The number of rotatable bonds is 11. The maximum Gasteiger partial charge on any atom is 0.438 e. The van der Waals surface area contributed by atoms with Crippen LogP contribution in [0.25, 0.3) is 11.1 Å². The van der Waals surface area contributed by atoms with Crippen LogP contribution in [0, 0.1) is 5.92 Å². The third-order valence-electron chi connectivity index (χ3n) is 7.99. The van der Waals surface area contributed by atoms with Crippen LogP contribution < -0.4 is 0 Å². The van der Waals surface area contributed by atoms with Gasteiger partial charge in [0.25, 0.3) is 0 Å². The smallest absolute Gasteiger partial charge is 0.216 e. The molecule has 39 heavy (non-hydrogen) atoms. The molecule has 3 rings (SSSR count). The van der Waals surface area contributed by atoms with Gasteiger partial charge in [0.15, 0.2) is 0 Å². The standard InChI is InChI=1S/C30H35F9/c1-2-3-4-5-6-7-8-21-9-11-22(12-10-21)23-13-15-24(16-14-23)25-17-19-26(20-18-25)27(31,32)28(33,29(34,35)36)30(37,38)39/h13-22H,2-12H2,1H3. The van der Waals surface area contributed by atoms with E-state index in [9.17, 15) is 39.5 Å². The fourth-order valence-corrected chi connectivity index (χ4v) is 5.53. The summed E-state index contributed by atoms with van der Waals surface area (Å²) in [5.41, 5.74) is -6.42. The summed E-state index contributed by atoms with van der Waals surface area (Å²) < 4.78 is 120. The molecule has 0 atom stereocenters. The molecule has 0 heterocycles. The summed E-state index contributed by atoms with van der Waals surface area (Å²) in [4.78, 5) is 0. The fourth-order valence-electron chi connectivity index (χ4n) is 5.53. The molecule has 0 unspecified atom stereocenters. The van der Waals surface area contributed by atoms with Gasteiger partial charge >= 0.3 is 23.9 Å². The lowest BCUT2D eigenvalue weighted by Gasteiger charge is -2.36. The molecule has 0 bridgehead atoms. The quantitative estimate of drug-likeness (QED) is 0.187. The van der Waals surface area contributed by atoms with Gasteiger partial charge in [-0.05, 0) is 54.2 Å². The minimum absolute atomic E-state index is 0.312. The molecule has 0 spiro atoms. The molecular weight excluding hydrogens is 531 g/mol. The number of unbranched alkanes of at least 4 members (excludes halogenated alkanes) is 5. The maximum absolute atomic E-state index is 14.3. The Kier molecular flexibility index (Phi) is 10.1. The average Bonchev–Trinajstić information content (AvgIpc) is 2.89. The summed E-state index contributed by atoms with van der Waals surface area (Å²) in [6, 6.07) is 10.1. The fraction of sp³-hybridized carbons (Fsp3) is 0.600. The van der Waals surface area contributed by atoms with Crippen LogP contribution in [0.2, 0.25) is 0 Å². The second-order valence-corrected chi connectivity index (χ2v) is 10.7. The second kappa shape index (κ2) is 12.5. The van der Waals surface area contributed by atoms with Gasteiger partial charge in [-0.25, -0.2) is 4.39 Å². The Balaban J connectivity index is 1.61. The number of benzene rings is 2. The molecule has 0 radical (unpaired) electrons. The zero-order chi connectivity index (χ0) is 28.9. The molecule has 1 aliphatic carbocycles. The van der Waals surface area contributed by atoms with Gasteiger partial charge in [0.05, 0.1) is 0 Å². The van der Waals surface area contributed by atoms with Crippen LogP contribution in [0.15, 0.2) is 48.5 Å². The van der Waals surface area contributed by atoms with E-state index in [4.69, 9.17) is 0 Å². The van der Waals surface area contributed by atoms with Gasteiger partial charge < -0.3 is 0 Å². The highest BCUT2D eigenvalue weighted by atomic mass is 19.4. The predicted molar refractivity (Wildman–Crippen MR) is 134 cm³/mol. The van der Waals surface area contributed by atoms with Crippen molar-refractivity contribution < 1.29 is 39.5 Å². The van der Waals surface area contributed by atoms with E-state index in [0.29, 0.717) is 29.2 Å². The molecular formula is C30H35F9. The van der Waals surface area contributed by atoms with Crippen LogP contribution >= 0.6 is 0 Å². The maximum atomic E-state index is 14.3. The highest BCUT2D eigenvalue weighted by Gasteiger charge is 2.84. The van der Waals surface area contributed by atoms with Gasteiger partial charge in [-0.1, -0.05) is 100 Å². The molecule has 9 heteroatoms. The van der Waals surface area contributed by atoms with Gasteiger partial charge in [0.2, 0.25) is 0 Å². The average molecular weight is 567 g/mol. The summed E-state index contributed by atoms with van der Waals surface area (Å²) >= 11 is 0. The topological polar surface area (TPSA) is 0 Å². The van der Waals surface area contributed by atoms with Crippen LogP contribution in [-0.4, -0.2) is 18.0 Å². The molecule has 1 aliphatic rings. The molecule has 0 saturated heterocycles. The number of alkyl halides is 9. The number of hydrogen-bond acceptors (Lipinski definition) is 0. The van der Waals surface area contributed by atoms with Gasteiger partial charge in [-0.3, -0.25) is 0 Å². The van der Waals surface area contributed by atoms with Crippen LogP contribution in [0.3, 0.4) is 0 Å². The Bertz CT molecular complexity index is 998. The summed E-state index contributed by atoms with van der Waals surface area (Å²) in [7, 11) is 0. The number of halogens is 9. The van der Waals surface area contributed by atoms with Crippen molar-refractivity contribution in [1.82, 2.24) is 0 Å². The molecule has 218 valence electrons. The van der Waals surface area contributed by atoms with Crippen LogP contribution in [-0.2, 0) is 5.92 Å². The van der Waals surface area contributed by atoms with E-state index < -0.39 is 29.5 Å². The first-order chi connectivity index (χ1) is 18.2. The lowest BCUT2D eigenvalue weighted by atomic mass is 9.77. The zero-order valence-corrected chi connectivity index (χ0v) is 22.0. The Hall–Kier alpha value is -2.19. The van der Waals surface area contributed by atoms with E-state index in [0.717, 1.165) is 36.5 Å². The van der Waals surface area contributed by atoms with Crippen molar-refractivity contribution in [2.45, 2.75) is 107 Å². The first-order valence-corrected chi connectivity index (χ1v) is 13.6. The van der Waals surface area contributed by atoms with E-state index in [1.807, 2.05) is 12.1 Å².